The molecular weight excluding hydrogens is 228 g/mol. The number of aryl methyl sites for hydroxylation is 1. The van der Waals surface area contributed by atoms with Gasteiger partial charge in [0.2, 0.25) is 0 Å². The quantitative estimate of drug-likeness (QED) is 0.692. The van der Waals surface area contributed by atoms with Crippen LogP contribution in [0.25, 0.3) is 0 Å². The zero-order valence-electron chi connectivity index (χ0n) is 11.7. The Kier molecular flexibility index (Phi) is 5.34. The van der Waals surface area contributed by atoms with E-state index in [2.05, 4.69) is 34.4 Å². The van der Waals surface area contributed by atoms with Gasteiger partial charge in [-0.15, -0.1) is 0 Å². The highest BCUT2D eigenvalue weighted by Gasteiger charge is 2.17. The molecule has 0 aliphatic heterocycles. The van der Waals surface area contributed by atoms with Gasteiger partial charge in [-0.05, 0) is 25.7 Å². The molecule has 1 aromatic rings. The molecule has 3 N–H and O–H groups in total. The second-order valence-electron chi connectivity index (χ2n) is 5.21. The molecular formula is C13H24N4O. The fourth-order valence-corrected chi connectivity index (χ4v) is 1.65. The van der Waals surface area contributed by atoms with Crippen LogP contribution in [0.2, 0.25) is 0 Å². The van der Waals surface area contributed by atoms with Crippen LogP contribution < -0.4 is 10.6 Å². The Hall–Kier alpha value is -1.36. The molecule has 0 aromatic carbocycles. The number of aliphatic hydroxyl groups is 1. The Balaban J connectivity index is 2.66. The molecule has 5 nitrogen and oxygen atoms in total. The fraction of sp³-hybridized carbons (Fsp3) is 0.692. The van der Waals surface area contributed by atoms with Crippen LogP contribution in [0.5, 0.6) is 0 Å². The van der Waals surface area contributed by atoms with Crippen molar-refractivity contribution in [2.75, 3.05) is 30.3 Å². The summed E-state index contributed by atoms with van der Waals surface area (Å²) < 4.78 is 0. The van der Waals surface area contributed by atoms with E-state index in [1.807, 2.05) is 19.9 Å². The summed E-state index contributed by atoms with van der Waals surface area (Å²) in [5.74, 6) is 2.41. The molecule has 0 radical (unpaired) electrons. The number of hydrogen-bond acceptors (Lipinski definition) is 5. The summed E-state index contributed by atoms with van der Waals surface area (Å²) in [6.45, 7) is 9.98. The summed E-state index contributed by atoms with van der Waals surface area (Å²) in [4.78, 5) is 8.66. The lowest BCUT2D eigenvalue weighted by Gasteiger charge is -2.24. The highest BCUT2D eigenvalue weighted by Crippen LogP contribution is 2.20. The van der Waals surface area contributed by atoms with E-state index < -0.39 is 0 Å². The average Bonchev–Trinajstić information content (AvgIpc) is 2.26. The summed E-state index contributed by atoms with van der Waals surface area (Å²) in [5, 5.41) is 15.5. The monoisotopic (exact) mass is 252 g/mol. The van der Waals surface area contributed by atoms with Crippen molar-refractivity contribution < 1.29 is 5.11 Å². The van der Waals surface area contributed by atoms with Crippen LogP contribution in [0.1, 0.15) is 33.0 Å². The zero-order chi connectivity index (χ0) is 13.6. The van der Waals surface area contributed by atoms with Crippen LogP contribution in [0.15, 0.2) is 6.07 Å². The van der Waals surface area contributed by atoms with Crippen molar-refractivity contribution in [1.82, 2.24) is 9.97 Å². The normalized spacial score (nSPS) is 11.4. The van der Waals surface area contributed by atoms with Crippen molar-refractivity contribution >= 4 is 11.6 Å². The molecule has 18 heavy (non-hydrogen) atoms. The largest absolute Gasteiger partial charge is 0.396 e. The molecule has 0 saturated carbocycles. The number of aromatic nitrogens is 2. The smallest absolute Gasteiger partial charge is 0.131 e. The molecule has 1 rings (SSSR count). The molecule has 102 valence electrons. The third kappa shape index (κ3) is 4.87. The Labute approximate surface area is 109 Å². The van der Waals surface area contributed by atoms with E-state index in [0.717, 1.165) is 37.0 Å². The molecule has 0 aliphatic carbocycles. The van der Waals surface area contributed by atoms with Crippen LogP contribution in [0.3, 0.4) is 0 Å². The first-order valence-electron chi connectivity index (χ1n) is 6.41. The number of anilines is 2. The number of nitrogens with zero attached hydrogens (tertiary/aromatic N) is 2. The van der Waals surface area contributed by atoms with Gasteiger partial charge in [0.15, 0.2) is 0 Å². The van der Waals surface area contributed by atoms with Gasteiger partial charge in [-0.2, -0.15) is 0 Å². The van der Waals surface area contributed by atoms with Gasteiger partial charge in [0.1, 0.15) is 17.5 Å². The molecule has 0 aliphatic rings. The van der Waals surface area contributed by atoms with E-state index in [-0.39, 0.29) is 12.0 Å². The number of nitrogens with one attached hydrogen (secondary N) is 2. The van der Waals surface area contributed by atoms with Crippen molar-refractivity contribution in [3.05, 3.63) is 11.9 Å². The molecule has 5 heteroatoms. The van der Waals surface area contributed by atoms with Gasteiger partial charge < -0.3 is 15.7 Å². The van der Waals surface area contributed by atoms with E-state index in [9.17, 15) is 0 Å². The molecule has 1 aromatic heterocycles. The molecule has 0 atom stereocenters. The Morgan fingerprint density at radius 2 is 1.83 bits per heavy atom. The van der Waals surface area contributed by atoms with Crippen molar-refractivity contribution in [2.45, 2.75) is 34.1 Å². The molecule has 0 fully saturated rings. The topological polar surface area (TPSA) is 70.1 Å². The number of rotatable bonds is 7. The summed E-state index contributed by atoms with van der Waals surface area (Å²) in [5.41, 5.74) is 0.0476. The molecule has 0 bridgehead atoms. The summed E-state index contributed by atoms with van der Waals surface area (Å²) >= 11 is 0. The summed E-state index contributed by atoms with van der Waals surface area (Å²) in [6.07, 6.45) is 0.768. The van der Waals surface area contributed by atoms with E-state index in [1.54, 1.807) is 0 Å². The molecule has 0 amide bonds. The van der Waals surface area contributed by atoms with Crippen LogP contribution in [-0.2, 0) is 0 Å². The summed E-state index contributed by atoms with van der Waals surface area (Å²) in [7, 11) is 0. The lowest BCUT2D eigenvalue weighted by molar-refractivity contribution is 0.220. The summed E-state index contributed by atoms with van der Waals surface area (Å²) in [6, 6.07) is 1.91. The van der Waals surface area contributed by atoms with Crippen LogP contribution in [-0.4, -0.2) is 34.8 Å². The SMILES string of the molecule is CCNc1cc(NCC(C)(C)CCO)nc(C)n1. The van der Waals surface area contributed by atoms with Crippen LogP contribution >= 0.6 is 0 Å². The van der Waals surface area contributed by atoms with Gasteiger partial charge in [-0.3, -0.25) is 0 Å². The maximum absolute atomic E-state index is 8.99. The number of aliphatic hydroxyl groups excluding tert-OH is 1. The Morgan fingerprint density at radius 3 is 2.39 bits per heavy atom. The standard InChI is InChI=1S/C13H24N4O/c1-5-14-11-8-12(17-10(2)16-11)15-9-13(3,4)6-7-18/h8,18H,5-7,9H2,1-4H3,(H2,14,15,16,17). The van der Waals surface area contributed by atoms with E-state index >= 15 is 0 Å². The minimum absolute atomic E-state index is 0.0476. The minimum atomic E-state index is 0.0476. The average molecular weight is 252 g/mol. The maximum atomic E-state index is 8.99. The second kappa shape index (κ2) is 6.54. The van der Waals surface area contributed by atoms with Gasteiger partial charge in [0, 0.05) is 25.8 Å². The van der Waals surface area contributed by atoms with Crippen LogP contribution in [0.4, 0.5) is 11.6 Å². The van der Waals surface area contributed by atoms with Crippen molar-refractivity contribution in [1.29, 1.82) is 0 Å². The highest BCUT2D eigenvalue weighted by molar-refractivity contribution is 5.47. The van der Waals surface area contributed by atoms with E-state index in [0.29, 0.717) is 0 Å². The Morgan fingerprint density at radius 1 is 1.22 bits per heavy atom. The fourth-order valence-electron chi connectivity index (χ4n) is 1.65. The predicted molar refractivity (Wildman–Crippen MR) is 74.9 cm³/mol. The van der Waals surface area contributed by atoms with Gasteiger partial charge in [0.25, 0.3) is 0 Å². The minimum Gasteiger partial charge on any atom is -0.396 e. The van der Waals surface area contributed by atoms with Crippen LogP contribution in [0, 0.1) is 12.3 Å². The zero-order valence-corrected chi connectivity index (χ0v) is 11.7. The van der Waals surface area contributed by atoms with Gasteiger partial charge >= 0.3 is 0 Å². The lowest BCUT2D eigenvalue weighted by atomic mass is 9.90. The van der Waals surface area contributed by atoms with Gasteiger partial charge in [0.05, 0.1) is 0 Å². The first-order chi connectivity index (χ1) is 8.46. The highest BCUT2D eigenvalue weighted by atomic mass is 16.3. The first-order valence-corrected chi connectivity index (χ1v) is 6.41. The van der Waals surface area contributed by atoms with Crippen molar-refractivity contribution in [3.8, 4) is 0 Å². The van der Waals surface area contributed by atoms with Gasteiger partial charge in [-0.25, -0.2) is 9.97 Å². The Bertz CT molecular complexity index is 379. The van der Waals surface area contributed by atoms with E-state index in [4.69, 9.17) is 5.11 Å². The van der Waals surface area contributed by atoms with E-state index in [1.165, 1.54) is 0 Å². The van der Waals surface area contributed by atoms with Crippen molar-refractivity contribution in [3.63, 3.8) is 0 Å². The molecule has 0 spiro atoms. The second-order valence-corrected chi connectivity index (χ2v) is 5.21. The maximum Gasteiger partial charge on any atom is 0.131 e. The van der Waals surface area contributed by atoms with Crippen molar-refractivity contribution in [2.24, 2.45) is 5.41 Å². The lowest BCUT2D eigenvalue weighted by Crippen LogP contribution is -2.24. The molecule has 0 unspecified atom stereocenters. The third-order valence-electron chi connectivity index (χ3n) is 2.73. The molecule has 1 heterocycles. The molecule has 0 saturated heterocycles. The predicted octanol–water partition coefficient (Wildman–Crippen LogP) is 2.04. The third-order valence-corrected chi connectivity index (χ3v) is 2.73. The first kappa shape index (κ1) is 14.7. The van der Waals surface area contributed by atoms with Gasteiger partial charge in [-0.1, -0.05) is 13.8 Å². The number of hydrogen-bond donors (Lipinski definition) is 3.